The minimum Gasteiger partial charge on any atom is -0.456 e. The Balaban J connectivity index is 1.36. The molecule has 0 spiro atoms. The highest BCUT2D eigenvalue weighted by Gasteiger charge is 2.21. The third-order valence-electron chi connectivity index (χ3n) is 9.80. The first-order valence-corrected chi connectivity index (χ1v) is 16.2. The van der Waals surface area contributed by atoms with E-state index in [0.717, 1.165) is 21.9 Å². The Morgan fingerprint density at radius 3 is 1.74 bits per heavy atom. The highest BCUT2D eigenvalue weighted by molar-refractivity contribution is 6.26. The van der Waals surface area contributed by atoms with Crippen molar-refractivity contribution in [3.63, 3.8) is 0 Å². The Hall–Kier alpha value is -6.18. The predicted octanol–water partition coefficient (Wildman–Crippen LogP) is 13.2. The lowest BCUT2D eigenvalue weighted by atomic mass is 9.83. The minimum absolute atomic E-state index is 0.907. The van der Waals surface area contributed by atoms with Crippen molar-refractivity contribution in [3.8, 4) is 33.4 Å². The zero-order chi connectivity index (χ0) is 30.9. The SMILES string of the molecule is c1ccc(-c2ccc3c(-c4cccc5oc6cc7ccccc7cc6c45)c4ccccc4c(-c4ccc5ccccc5c4)c3c2)cc1. The summed E-state index contributed by atoms with van der Waals surface area (Å²) in [5, 5.41) is 12.1. The molecular formula is C46H28O. The molecule has 0 atom stereocenters. The normalized spacial score (nSPS) is 11.8. The van der Waals surface area contributed by atoms with E-state index in [1.165, 1.54) is 76.5 Å². The molecule has 218 valence electrons. The molecule has 0 aliphatic heterocycles. The van der Waals surface area contributed by atoms with Gasteiger partial charge in [0.2, 0.25) is 0 Å². The van der Waals surface area contributed by atoms with Crippen molar-refractivity contribution < 1.29 is 4.42 Å². The number of hydrogen-bond acceptors (Lipinski definition) is 1. The van der Waals surface area contributed by atoms with E-state index >= 15 is 0 Å². The minimum atomic E-state index is 0.907. The molecule has 0 fully saturated rings. The number of hydrogen-bond donors (Lipinski definition) is 0. The summed E-state index contributed by atoms with van der Waals surface area (Å²) in [6, 6.07) is 61.6. The van der Waals surface area contributed by atoms with Crippen LogP contribution in [-0.4, -0.2) is 0 Å². The van der Waals surface area contributed by atoms with Crippen LogP contribution in [0.1, 0.15) is 0 Å². The third-order valence-corrected chi connectivity index (χ3v) is 9.80. The van der Waals surface area contributed by atoms with Gasteiger partial charge in [0.05, 0.1) is 0 Å². The van der Waals surface area contributed by atoms with Gasteiger partial charge < -0.3 is 4.42 Å². The second kappa shape index (κ2) is 10.2. The maximum Gasteiger partial charge on any atom is 0.136 e. The standard InChI is InChI=1S/C46H28O/c1-2-11-29(12-3-1)34-23-24-38-40(26-34)44(35-22-21-30-13-4-5-14-31(30)25-35)36-17-8-9-18-37(36)45(38)39-19-10-20-42-46(39)41-27-32-15-6-7-16-33(32)28-43(41)47-42/h1-28H. The lowest BCUT2D eigenvalue weighted by Gasteiger charge is -2.19. The predicted molar refractivity (Wildman–Crippen MR) is 200 cm³/mol. The van der Waals surface area contributed by atoms with Gasteiger partial charge in [-0.1, -0.05) is 140 Å². The average molecular weight is 597 g/mol. The summed E-state index contributed by atoms with van der Waals surface area (Å²) < 4.78 is 6.56. The summed E-state index contributed by atoms with van der Waals surface area (Å²) in [6.45, 7) is 0. The number of fused-ring (bicyclic) bond motifs is 7. The largest absolute Gasteiger partial charge is 0.456 e. The molecule has 47 heavy (non-hydrogen) atoms. The molecule has 10 aromatic rings. The Labute approximate surface area is 271 Å². The Bertz CT molecular complexity index is 2840. The van der Waals surface area contributed by atoms with Crippen LogP contribution < -0.4 is 0 Å². The summed E-state index contributed by atoms with van der Waals surface area (Å²) in [5.41, 5.74) is 9.15. The van der Waals surface area contributed by atoms with Gasteiger partial charge in [0.25, 0.3) is 0 Å². The smallest absolute Gasteiger partial charge is 0.136 e. The lowest BCUT2D eigenvalue weighted by Crippen LogP contribution is -1.92. The van der Waals surface area contributed by atoms with Crippen LogP contribution >= 0.6 is 0 Å². The topological polar surface area (TPSA) is 13.1 Å². The van der Waals surface area contributed by atoms with Crippen LogP contribution in [0.5, 0.6) is 0 Å². The number of benzene rings is 9. The number of rotatable bonds is 3. The quantitative estimate of drug-likeness (QED) is 0.185. The van der Waals surface area contributed by atoms with E-state index in [1.807, 2.05) is 0 Å². The molecule has 0 unspecified atom stereocenters. The first-order chi connectivity index (χ1) is 23.3. The van der Waals surface area contributed by atoms with Crippen molar-refractivity contribution in [1.82, 2.24) is 0 Å². The maximum atomic E-state index is 6.56. The maximum absolute atomic E-state index is 6.56. The van der Waals surface area contributed by atoms with Gasteiger partial charge in [-0.25, -0.2) is 0 Å². The van der Waals surface area contributed by atoms with Crippen molar-refractivity contribution in [1.29, 1.82) is 0 Å². The first kappa shape index (κ1) is 26.1. The second-order valence-corrected chi connectivity index (χ2v) is 12.5. The summed E-state index contributed by atoms with van der Waals surface area (Å²) in [6.07, 6.45) is 0. The van der Waals surface area contributed by atoms with Crippen LogP contribution in [-0.2, 0) is 0 Å². The molecule has 0 amide bonds. The molecule has 9 aromatic carbocycles. The highest BCUT2D eigenvalue weighted by atomic mass is 16.3. The van der Waals surface area contributed by atoms with E-state index in [0.29, 0.717) is 0 Å². The number of furan rings is 1. The van der Waals surface area contributed by atoms with Crippen LogP contribution in [0.3, 0.4) is 0 Å². The Morgan fingerprint density at radius 1 is 0.298 bits per heavy atom. The van der Waals surface area contributed by atoms with Gasteiger partial charge in [-0.05, 0) is 107 Å². The van der Waals surface area contributed by atoms with Gasteiger partial charge in [0.15, 0.2) is 0 Å². The second-order valence-electron chi connectivity index (χ2n) is 12.5. The molecule has 0 aliphatic rings. The fourth-order valence-corrected chi connectivity index (χ4v) is 7.65. The van der Waals surface area contributed by atoms with Crippen molar-refractivity contribution in [2.24, 2.45) is 0 Å². The van der Waals surface area contributed by atoms with Crippen LogP contribution in [0.4, 0.5) is 0 Å². The molecule has 10 rings (SSSR count). The van der Waals surface area contributed by atoms with Gasteiger partial charge in [-0.3, -0.25) is 0 Å². The average Bonchev–Trinajstić information content (AvgIpc) is 3.50. The molecular weight excluding hydrogens is 569 g/mol. The summed E-state index contributed by atoms with van der Waals surface area (Å²) in [5.74, 6) is 0. The van der Waals surface area contributed by atoms with Gasteiger partial charge in [-0.15, -0.1) is 0 Å². The molecule has 1 heteroatoms. The van der Waals surface area contributed by atoms with Crippen LogP contribution in [0.2, 0.25) is 0 Å². The molecule has 0 radical (unpaired) electrons. The van der Waals surface area contributed by atoms with Crippen molar-refractivity contribution in [2.45, 2.75) is 0 Å². The van der Waals surface area contributed by atoms with E-state index in [1.54, 1.807) is 0 Å². The zero-order valence-corrected chi connectivity index (χ0v) is 25.6. The van der Waals surface area contributed by atoms with E-state index in [2.05, 4.69) is 170 Å². The van der Waals surface area contributed by atoms with Crippen LogP contribution in [0.15, 0.2) is 174 Å². The van der Waals surface area contributed by atoms with E-state index < -0.39 is 0 Å². The molecule has 0 saturated heterocycles. The molecule has 0 N–H and O–H groups in total. The van der Waals surface area contributed by atoms with E-state index in [4.69, 9.17) is 4.42 Å². The molecule has 0 bridgehead atoms. The summed E-state index contributed by atoms with van der Waals surface area (Å²) >= 11 is 0. The Kier molecular flexibility index (Phi) is 5.64. The van der Waals surface area contributed by atoms with Crippen LogP contribution in [0, 0.1) is 0 Å². The Morgan fingerprint density at radius 2 is 0.936 bits per heavy atom. The van der Waals surface area contributed by atoms with E-state index in [-0.39, 0.29) is 0 Å². The van der Waals surface area contributed by atoms with Crippen molar-refractivity contribution in [2.75, 3.05) is 0 Å². The summed E-state index contributed by atoms with van der Waals surface area (Å²) in [4.78, 5) is 0. The molecule has 1 heterocycles. The van der Waals surface area contributed by atoms with Crippen molar-refractivity contribution >= 4 is 65.0 Å². The van der Waals surface area contributed by atoms with Gasteiger partial charge in [0.1, 0.15) is 11.2 Å². The first-order valence-electron chi connectivity index (χ1n) is 16.2. The van der Waals surface area contributed by atoms with Crippen molar-refractivity contribution in [3.05, 3.63) is 170 Å². The van der Waals surface area contributed by atoms with Crippen LogP contribution in [0.25, 0.3) is 98.4 Å². The fraction of sp³-hybridized carbons (Fsp3) is 0. The molecule has 0 saturated carbocycles. The van der Waals surface area contributed by atoms with Gasteiger partial charge >= 0.3 is 0 Å². The molecule has 0 aliphatic carbocycles. The summed E-state index contributed by atoms with van der Waals surface area (Å²) in [7, 11) is 0. The molecule has 1 aromatic heterocycles. The van der Waals surface area contributed by atoms with Gasteiger partial charge in [0, 0.05) is 10.8 Å². The van der Waals surface area contributed by atoms with Gasteiger partial charge in [-0.2, -0.15) is 0 Å². The highest BCUT2D eigenvalue weighted by Crippen LogP contribution is 2.48. The molecule has 1 nitrogen and oxygen atoms in total. The fourth-order valence-electron chi connectivity index (χ4n) is 7.65. The third kappa shape index (κ3) is 4.03. The lowest BCUT2D eigenvalue weighted by molar-refractivity contribution is 0.669. The van der Waals surface area contributed by atoms with E-state index in [9.17, 15) is 0 Å². The monoisotopic (exact) mass is 596 g/mol. The zero-order valence-electron chi connectivity index (χ0n) is 25.6.